The van der Waals surface area contributed by atoms with Crippen molar-refractivity contribution in [2.24, 2.45) is 0 Å². The van der Waals surface area contributed by atoms with Gasteiger partial charge in [-0.25, -0.2) is 4.98 Å². The summed E-state index contributed by atoms with van der Waals surface area (Å²) >= 11 is 13.6. The average molecular weight is 434 g/mol. The summed E-state index contributed by atoms with van der Waals surface area (Å²) in [6.07, 6.45) is 2.28. The molecule has 28 heavy (non-hydrogen) atoms. The van der Waals surface area contributed by atoms with E-state index in [1.807, 2.05) is 13.0 Å². The molecule has 5 nitrogen and oxygen atoms in total. The van der Waals surface area contributed by atoms with Crippen LogP contribution in [-0.4, -0.2) is 16.8 Å². The Morgan fingerprint density at radius 2 is 1.89 bits per heavy atom. The predicted molar refractivity (Wildman–Crippen MR) is 115 cm³/mol. The molecule has 0 aliphatic carbocycles. The number of nitrogens with zero attached hydrogens (tertiary/aromatic N) is 1. The number of carbonyl (C=O) groups excluding carboxylic acids is 2. The van der Waals surface area contributed by atoms with Crippen LogP contribution in [0.15, 0.2) is 42.6 Å². The Bertz CT molecular complexity index is 1050. The van der Waals surface area contributed by atoms with Crippen molar-refractivity contribution in [3.8, 4) is 0 Å². The highest BCUT2D eigenvalue weighted by atomic mass is 35.5. The molecule has 0 saturated heterocycles. The second kappa shape index (κ2) is 8.73. The van der Waals surface area contributed by atoms with Gasteiger partial charge in [-0.1, -0.05) is 29.3 Å². The van der Waals surface area contributed by atoms with Crippen LogP contribution in [-0.2, 0) is 11.2 Å². The number of amides is 2. The Labute approximate surface area is 176 Å². The number of benzene rings is 2. The first kappa shape index (κ1) is 20.3. The minimum Gasteiger partial charge on any atom is -0.326 e. The van der Waals surface area contributed by atoms with E-state index in [4.69, 9.17) is 23.2 Å². The number of hydrogen-bond donors (Lipinski definition) is 2. The van der Waals surface area contributed by atoms with Crippen molar-refractivity contribution in [1.82, 2.24) is 4.98 Å². The molecule has 3 aromatic rings. The van der Waals surface area contributed by atoms with E-state index in [1.54, 1.807) is 36.5 Å². The van der Waals surface area contributed by atoms with Crippen LogP contribution in [0.4, 0.5) is 10.8 Å². The van der Waals surface area contributed by atoms with Crippen molar-refractivity contribution in [2.75, 3.05) is 10.6 Å². The average Bonchev–Trinajstić information content (AvgIpc) is 3.06. The number of aryl methyl sites for hydroxylation is 1. The van der Waals surface area contributed by atoms with Crippen molar-refractivity contribution >= 4 is 57.2 Å². The summed E-state index contributed by atoms with van der Waals surface area (Å²) in [6, 6.07) is 10.4. The fourth-order valence-electron chi connectivity index (χ4n) is 2.57. The van der Waals surface area contributed by atoms with Gasteiger partial charge < -0.3 is 5.32 Å². The molecule has 1 aromatic heterocycles. The lowest BCUT2D eigenvalue weighted by atomic mass is 10.1. The maximum atomic E-state index is 12.5. The molecule has 0 saturated carbocycles. The molecule has 0 bridgehead atoms. The Morgan fingerprint density at radius 1 is 1.11 bits per heavy atom. The van der Waals surface area contributed by atoms with Gasteiger partial charge in [0.25, 0.3) is 5.91 Å². The van der Waals surface area contributed by atoms with Crippen LogP contribution < -0.4 is 10.6 Å². The lowest BCUT2D eigenvalue weighted by molar-refractivity contribution is -0.114. The Hall–Kier alpha value is -2.41. The van der Waals surface area contributed by atoms with Crippen LogP contribution in [0.25, 0.3) is 0 Å². The normalized spacial score (nSPS) is 10.6. The zero-order chi connectivity index (χ0) is 20.3. The molecular weight excluding hydrogens is 417 g/mol. The summed E-state index contributed by atoms with van der Waals surface area (Å²) in [6.45, 7) is 3.29. The smallest absolute Gasteiger partial charge is 0.257 e. The molecule has 8 heteroatoms. The van der Waals surface area contributed by atoms with Gasteiger partial charge in [0.15, 0.2) is 5.13 Å². The molecule has 0 unspecified atom stereocenters. The van der Waals surface area contributed by atoms with Gasteiger partial charge in [-0.2, -0.15) is 0 Å². The van der Waals surface area contributed by atoms with Crippen molar-refractivity contribution in [1.29, 1.82) is 0 Å². The number of rotatable bonds is 5. The van der Waals surface area contributed by atoms with Gasteiger partial charge in [-0.15, -0.1) is 11.3 Å². The molecule has 0 atom stereocenters. The van der Waals surface area contributed by atoms with Crippen molar-refractivity contribution in [3.63, 3.8) is 0 Å². The first-order valence-electron chi connectivity index (χ1n) is 8.40. The number of anilines is 2. The van der Waals surface area contributed by atoms with E-state index in [-0.39, 0.29) is 11.8 Å². The number of nitrogens with one attached hydrogen (secondary N) is 2. The standard InChI is InChI=1S/C20H17Cl2N3O2S/c1-11-3-4-13(9-18(11)24-12(2)26)19(27)25-20-23-10-16(28-20)8-14-7-15(21)5-6-17(14)22/h3-7,9-10H,8H2,1-2H3,(H,24,26)(H,23,25,27). The lowest BCUT2D eigenvalue weighted by Crippen LogP contribution is -2.13. The zero-order valence-electron chi connectivity index (χ0n) is 15.2. The maximum Gasteiger partial charge on any atom is 0.257 e. The molecule has 0 spiro atoms. The van der Waals surface area contributed by atoms with Gasteiger partial charge in [0.2, 0.25) is 5.91 Å². The number of thiazole rings is 1. The van der Waals surface area contributed by atoms with Gasteiger partial charge in [0.05, 0.1) is 0 Å². The third-order valence-electron chi connectivity index (χ3n) is 3.96. The molecule has 2 amide bonds. The highest BCUT2D eigenvalue weighted by Gasteiger charge is 2.12. The summed E-state index contributed by atoms with van der Waals surface area (Å²) in [5, 5.41) is 7.24. The Balaban J connectivity index is 1.72. The number of aromatic nitrogens is 1. The van der Waals surface area contributed by atoms with Gasteiger partial charge in [0, 0.05) is 45.7 Å². The quantitative estimate of drug-likeness (QED) is 0.552. The Morgan fingerprint density at radius 3 is 2.64 bits per heavy atom. The number of carbonyl (C=O) groups is 2. The summed E-state index contributed by atoms with van der Waals surface area (Å²) in [7, 11) is 0. The fraction of sp³-hybridized carbons (Fsp3) is 0.150. The Kier molecular flexibility index (Phi) is 6.34. The first-order valence-corrected chi connectivity index (χ1v) is 9.97. The molecule has 0 aliphatic rings. The van der Waals surface area contributed by atoms with Crippen molar-refractivity contribution < 1.29 is 9.59 Å². The molecule has 144 valence electrons. The van der Waals surface area contributed by atoms with E-state index in [0.29, 0.717) is 32.8 Å². The van der Waals surface area contributed by atoms with E-state index in [0.717, 1.165) is 16.0 Å². The van der Waals surface area contributed by atoms with Crippen LogP contribution in [0.5, 0.6) is 0 Å². The third kappa shape index (κ3) is 5.10. The van der Waals surface area contributed by atoms with Crippen LogP contribution in [0, 0.1) is 6.92 Å². The molecule has 2 N–H and O–H groups in total. The van der Waals surface area contributed by atoms with E-state index < -0.39 is 0 Å². The molecule has 1 heterocycles. The summed E-state index contributed by atoms with van der Waals surface area (Å²) in [5.74, 6) is -0.488. The summed E-state index contributed by atoms with van der Waals surface area (Å²) in [5.41, 5.74) is 2.82. The summed E-state index contributed by atoms with van der Waals surface area (Å²) < 4.78 is 0. The molecular formula is C20H17Cl2N3O2S. The molecule has 3 rings (SSSR count). The van der Waals surface area contributed by atoms with Crippen LogP contribution in [0.2, 0.25) is 10.0 Å². The van der Waals surface area contributed by atoms with Crippen LogP contribution >= 0.6 is 34.5 Å². The van der Waals surface area contributed by atoms with Crippen molar-refractivity contribution in [2.45, 2.75) is 20.3 Å². The number of halogens is 2. The van der Waals surface area contributed by atoms with E-state index in [2.05, 4.69) is 15.6 Å². The van der Waals surface area contributed by atoms with Crippen molar-refractivity contribution in [3.05, 3.63) is 74.2 Å². The molecule has 0 aliphatic heterocycles. The SMILES string of the molecule is CC(=O)Nc1cc(C(=O)Nc2ncc(Cc3cc(Cl)ccc3Cl)s2)ccc1C. The third-order valence-corrected chi connectivity index (χ3v) is 5.47. The minimum absolute atomic E-state index is 0.190. The predicted octanol–water partition coefficient (Wildman–Crippen LogP) is 5.56. The molecule has 2 aromatic carbocycles. The highest BCUT2D eigenvalue weighted by Crippen LogP contribution is 2.27. The maximum absolute atomic E-state index is 12.5. The topological polar surface area (TPSA) is 71.1 Å². The van der Waals surface area contributed by atoms with Crippen LogP contribution in [0.3, 0.4) is 0 Å². The van der Waals surface area contributed by atoms with E-state index in [9.17, 15) is 9.59 Å². The fourth-order valence-corrected chi connectivity index (χ4v) is 3.78. The first-order chi connectivity index (χ1) is 13.3. The molecule has 0 fully saturated rings. The van der Waals surface area contributed by atoms with E-state index >= 15 is 0 Å². The van der Waals surface area contributed by atoms with Gasteiger partial charge in [-0.3, -0.25) is 14.9 Å². The monoisotopic (exact) mass is 433 g/mol. The minimum atomic E-state index is -0.298. The van der Waals surface area contributed by atoms with Gasteiger partial charge in [0.1, 0.15) is 0 Å². The second-order valence-corrected chi connectivity index (χ2v) is 8.17. The van der Waals surface area contributed by atoms with E-state index in [1.165, 1.54) is 18.3 Å². The second-order valence-electron chi connectivity index (χ2n) is 6.21. The largest absolute Gasteiger partial charge is 0.326 e. The number of hydrogen-bond acceptors (Lipinski definition) is 4. The zero-order valence-corrected chi connectivity index (χ0v) is 17.5. The lowest BCUT2D eigenvalue weighted by Gasteiger charge is -2.09. The molecule has 0 radical (unpaired) electrons. The highest BCUT2D eigenvalue weighted by molar-refractivity contribution is 7.15. The van der Waals surface area contributed by atoms with Crippen LogP contribution in [0.1, 0.15) is 33.3 Å². The van der Waals surface area contributed by atoms with Gasteiger partial charge in [-0.05, 0) is 48.4 Å². The summed E-state index contributed by atoms with van der Waals surface area (Å²) in [4.78, 5) is 29.0. The van der Waals surface area contributed by atoms with Gasteiger partial charge >= 0.3 is 0 Å².